The quantitative estimate of drug-likeness (QED) is 0.551. The summed E-state index contributed by atoms with van der Waals surface area (Å²) in [5.41, 5.74) is 2.98. The number of aromatic amines is 1. The average Bonchev–Trinajstić information content (AvgIpc) is 3.10. The second kappa shape index (κ2) is 7.69. The molecule has 0 fully saturated rings. The zero-order chi connectivity index (χ0) is 23.3. The molecular formula is C26H27N3O4. The number of aromatic nitrogens is 2. The van der Waals surface area contributed by atoms with Gasteiger partial charge in [-0.2, -0.15) is 0 Å². The van der Waals surface area contributed by atoms with Gasteiger partial charge in [-0.3, -0.25) is 14.7 Å². The van der Waals surface area contributed by atoms with E-state index in [1.54, 1.807) is 18.2 Å². The zero-order valence-corrected chi connectivity index (χ0v) is 18.9. The first-order valence-electron chi connectivity index (χ1n) is 11.2. The number of para-hydroxylation sites is 1. The maximum atomic E-state index is 13.7. The van der Waals surface area contributed by atoms with Crippen molar-refractivity contribution in [3.63, 3.8) is 0 Å². The van der Waals surface area contributed by atoms with E-state index in [9.17, 15) is 14.7 Å². The minimum atomic E-state index is -0.562. The number of H-pyrrole nitrogens is 1. The normalized spacial score (nSPS) is 19.0. The molecule has 7 nitrogen and oxygen atoms in total. The number of allylic oxidation sites excluding steroid dienone is 2. The minimum Gasteiger partial charge on any atom is -0.504 e. The van der Waals surface area contributed by atoms with Gasteiger partial charge in [-0.15, -0.1) is 0 Å². The van der Waals surface area contributed by atoms with Crippen LogP contribution in [0.3, 0.4) is 0 Å². The fourth-order valence-corrected chi connectivity index (χ4v) is 4.96. The molecule has 3 N–H and O–H groups in total. The highest BCUT2D eigenvalue weighted by atomic mass is 16.5. The predicted octanol–water partition coefficient (Wildman–Crippen LogP) is 4.47. The number of phenols is 1. The van der Waals surface area contributed by atoms with Crippen LogP contribution >= 0.6 is 0 Å². The number of nitrogens with one attached hydrogen (secondary N) is 2. The van der Waals surface area contributed by atoms with Crippen molar-refractivity contribution in [2.24, 2.45) is 5.41 Å². The predicted molar refractivity (Wildman–Crippen MR) is 126 cm³/mol. The van der Waals surface area contributed by atoms with Gasteiger partial charge < -0.3 is 15.2 Å². The Morgan fingerprint density at radius 2 is 1.88 bits per heavy atom. The van der Waals surface area contributed by atoms with Crippen LogP contribution < -0.4 is 15.6 Å². The lowest BCUT2D eigenvalue weighted by atomic mass is 9.69. The number of rotatable bonds is 4. The highest BCUT2D eigenvalue weighted by Crippen LogP contribution is 2.48. The minimum absolute atomic E-state index is 0.0239. The topological polar surface area (TPSA) is 96.4 Å². The number of carbonyl (C=O) groups excluding carboxylic acids is 1. The van der Waals surface area contributed by atoms with Gasteiger partial charge in [0.05, 0.1) is 17.9 Å². The van der Waals surface area contributed by atoms with Crippen LogP contribution in [0.2, 0.25) is 0 Å². The number of carbonyl (C=O) groups is 1. The van der Waals surface area contributed by atoms with E-state index in [0.717, 1.165) is 11.3 Å². The Hall–Kier alpha value is -3.74. The SMILES string of the molecule is CCOc1cc([C@@H]2C3=C(CC(C)(C)CC3=O)Nc3[nH]n(-c4ccccc4)c(=O)c32)ccc1O. The van der Waals surface area contributed by atoms with Crippen LogP contribution in [0.5, 0.6) is 11.5 Å². The first-order valence-corrected chi connectivity index (χ1v) is 11.2. The molecule has 2 aromatic carbocycles. The molecule has 3 aromatic rings. The van der Waals surface area contributed by atoms with E-state index in [4.69, 9.17) is 4.74 Å². The molecule has 0 spiro atoms. The van der Waals surface area contributed by atoms with Crippen molar-refractivity contribution in [2.45, 2.75) is 39.5 Å². The van der Waals surface area contributed by atoms with Crippen LogP contribution in [0.25, 0.3) is 5.69 Å². The van der Waals surface area contributed by atoms with Crippen LogP contribution in [0.15, 0.2) is 64.6 Å². The van der Waals surface area contributed by atoms with Crippen molar-refractivity contribution in [3.05, 3.63) is 81.3 Å². The molecule has 1 aliphatic carbocycles. The Balaban J connectivity index is 1.74. The largest absolute Gasteiger partial charge is 0.504 e. The lowest BCUT2D eigenvalue weighted by Crippen LogP contribution is -2.35. The summed E-state index contributed by atoms with van der Waals surface area (Å²) in [5.74, 6) is 0.412. The van der Waals surface area contributed by atoms with Gasteiger partial charge in [0.2, 0.25) is 0 Å². The number of fused-ring (bicyclic) bond motifs is 1. The van der Waals surface area contributed by atoms with E-state index in [2.05, 4.69) is 24.3 Å². The molecule has 1 aliphatic heterocycles. The van der Waals surface area contributed by atoms with Crippen LogP contribution in [0.4, 0.5) is 5.82 Å². The van der Waals surface area contributed by atoms with Gasteiger partial charge in [0, 0.05) is 23.6 Å². The third kappa shape index (κ3) is 3.53. The number of ether oxygens (including phenoxy) is 1. The number of Topliss-reactive ketones (excluding diaryl/α,β-unsaturated/α-hetero) is 1. The van der Waals surface area contributed by atoms with Gasteiger partial charge in [0.15, 0.2) is 17.3 Å². The molecule has 0 saturated heterocycles. The second-order valence-electron chi connectivity index (χ2n) is 9.43. The summed E-state index contributed by atoms with van der Waals surface area (Å²) in [6, 6.07) is 14.4. The van der Waals surface area contributed by atoms with Gasteiger partial charge in [0.25, 0.3) is 5.56 Å². The number of hydrogen-bond acceptors (Lipinski definition) is 5. The highest BCUT2D eigenvalue weighted by Gasteiger charge is 2.43. The second-order valence-corrected chi connectivity index (χ2v) is 9.43. The number of anilines is 1. The molecule has 1 aromatic heterocycles. The van der Waals surface area contributed by atoms with Gasteiger partial charge in [-0.25, -0.2) is 4.68 Å². The van der Waals surface area contributed by atoms with Crippen molar-refractivity contribution in [3.8, 4) is 17.2 Å². The fraction of sp³-hybridized carbons (Fsp3) is 0.308. The van der Waals surface area contributed by atoms with Gasteiger partial charge in [-0.1, -0.05) is 38.1 Å². The molecule has 170 valence electrons. The fourth-order valence-electron chi connectivity index (χ4n) is 4.96. The maximum Gasteiger partial charge on any atom is 0.277 e. The van der Waals surface area contributed by atoms with Crippen molar-refractivity contribution >= 4 is 11.6 Å². The molecule has 5 rings (SSSR count). The molecule has 0 amide bonds. The van der Waals surface area contributed by atoms with E-state index >= 15 is 0 Å². The molecule has 2 aliphatic rings. The third-order valence-electron chi connectivity index (χ3n) is 6.33. The van der Waals surface area contributed by atoms with Gasteiger partial charge in [0.1, 0.15) is 5.82 Å². The Morgan fingerprint density at radius 3 is 2.61 bits per heavy atom. The summed E-state index contributed by atoms with van der Waals surface area (Å²) in [5, 5.41) is 16.8. The molecule has 0 bridgehead atoms. The summed E-state index contributed by atoms with van der Waals surface area (Å²) < 4.78 is 7.10. The maximum absolute atomic E-state index is 13.7. The molecule has 0 radical (unpaired) electrons. The average molecular weight is 446 g/mol. The molecule has 1 atom stereocenters. The summed E-state index contributed by atoms with van der Waals surface area (Å²) in [6.07, 6.45) is 1.10. The highest BCUT2D eigenvalue weighted by molar-refractivity contribution is 6.01. The van der Waals surface area contributed by atoms with Crippen LogP contribution in [-0.2, 0) is 4.79 Å². The Kier molecular flexibility index (Phi) is 4.92. The van der Waals surface area contributed by atoms with E-state index in [1.807, 2.05) is 37.3 Å². The Labute approximate surface area is 191 Å². The summed E-state index contributed by atoms with van der Waals surface area (Å²) in [6.45, 7) is 6.38. The summed E-state index contributed by atoms with van der Waals surface area (Å²) in [7, 11) is 0. The lowest BCUT2D eigenvalue weighted by molar-refractivity contribution is -0.118. The van der Waals surface area contributed by atoms with Crippen molar-refractivity contribution in [2.75, 3.05) is 11.9 Å². The van der Waals surface area contributed by atoms with Gasteiger partial charge >= 0.3 is 0 Å². The first kappa shape index (κ1) is 21.1. The summed E-state index contributed by atoms with van der Waals surface area (Å²) >= 11 is 0. The molecule has 2 heterocycles. The lowest BCUT2D eigenvalue weighted by Gasteiger charge is -2.37. The molecule has 0 unspecified atom stereocenters. The monoisotopic (exact) mass is 445 g/mol. The number of nitrogens with zero attached hydrogens (tertiary/aromatic N) is 1. The summed E-state index contributed by atoms with van der Waals surface area (Å²) in [4.78, 5) is 27.1. The Bertz CT molecular complexity index is 1330. The molecular weight excluding hydrogens is 418 g/mol. The number of aromatic hydroxyl groups is 1. The number of benzene rings is 2. The van der Waals surface area contributed by atoms with Crippen LogP contribution in [0.1, 0.15) is 50.7 Å². The smallest absolute Gasteiger partial charge is 0.277 e. The third-order valence-corrected chi connectivity index (χ3v) is 6.33. The number of ketones is 1. The molecule has 33 heavy (non-hydrogen) atoms. The molecule has 7 heteroatoms. The van der Waals surface area contributed by atoms with Crippen LogP contribution in [0, 0.1) is 5.41 Å². The Morgan fingerprint density at radius 1 is 1.12 bits per heavy atom. The number of hydrogen-bond donors (Lipinski definition) is 3. The van der Waals surface area contributed by atoms with E-state index < -0.39 is 5.92 Å². The van der Waals surface area contributed by atoms with Crippen molar-refractivity contribution in [1.29, 1.82) is 0 Å². The number of phenolic OH excluding ortho intramolecular Hbond substituents is 1. The zero-order valence-electron chi connectivity index (χ0n) is 18.9. The standard InChI is InChI=1S/C26H27N3O4/c1-4-33-20-12-15(10-11-18(20)30)21-22-17(13-26(2,3)14-19(22)31)27-24-23(21)25(32)29(28-24)16-8-6-5-7-9-16/h5-12,21,27-28,30H,4,13-14H2,1-3H3/t21-/m1/s1. The molecule has 0 saturated carbocycles. The van der Waals surface area contributed by atoms with Crippen molar-refractivity contribution in [1.82, 2.24) is 9.78 Å². The van der Waals surface area contributed by atoms with E-state index in [-0.39, 0.29) is 22.5 Å². The first-order chi connectivity index (χ1) is 15.8. The van der Waals surface area contributed by atoms with Gasteiger partial charge in [-0.05, 0) is 48.6 Å². The van der Waals surface area contributed by atoms with Crippen LogP contribution in [-0.4, -0.2) is 27.3 Å². The van der Waals surface area contributed by atoms with E-state index in [0.29, 0.717) is 47.8 Å². The van der Waals surface area contributed by atoms with Crippen molar-refractivity contribution < 1.29 is 14.6 Å². The van der Waals surface area contributed by atoms with E-state index in [1.165, 1.54) is 4.68 Å².